The molecular weight excluding hydrogens is 384 g/mol. The number of aryl methyl sites for hydroxylation is 1. The van der Waals surface area contributed by atoms with Crippen LogP contribution in [0.5, 0.6) is 0 Å². The molecule has 0 atom stereocenters. The Hall–Kier alpha value is -1.54. The van der Waals surface area contributed by atoms with E-state index in [4.69, 9.17) is 4.74 Å². The molecule has 0 heterocycles. The van der Waals surface area contributed by atoms with Crippen LogP contribution in [0.1, 0.15) is 18.4 Å². The molecule has 1 aromatic rings. The van der Waals surface area contributed by atoms with Gasteiger partial charge < -0.3 is 10.1 Å². The molecule has 0 aliphatic heterocycles. The van der Waals surface area contributed by atoms with Crippen LogP contribution in [0.15, 0.2) is 27.6 Å². The molecule has 23 heavy (non-hydrogen) atoms. The first-order valence-corrected chi connectivity index (χ1v) is 8.87. The molecule has 0 unspecified atom stereocenters. The van der Waals surface area contributed by atoms with Crippen LogP contribution >= 0.6 is 27.7 Å². The van der Waals surface area contributed by atoms with Crippen molar-refractivity contribution in [3.05, 3.63) is 28.2 Å². The van der Waals surface area contributed by atoms with Crippen LogP contribution in [0.2, 0.25) is 0 Å². The van der Waals surface area contributed by atoms with Gasteiger partial charge in [-0.1, -0.05) is 15.9 Å². The average molecular weight is 401 g/mol. The lowest BCUT2D eigenvalue weighted by Crippen LogP contribution is -2.42. The normalized spacial score (nSPS) is 13.3. The van der Waals surface area contributed by atoms with Gasteiger partial charge in [-0.2, -0.15) is 0 Å². The van der Waals surface area contributed by atoms with Crippen LogP contribution < -0.4 is 10.6 Å². The second-order valence-electron chi connectivity index (χ2n) is 5.16. The summed E-state index contributed by atoms with van der Waals surface area (Å²) in [6.45, 7) is 1.49. The molecule has 0 radical (unpaired) electrons. The summed E-state index contributed by atoms with van der Waals surface area (Å²) in [7, 11) is 0. The molecule has 0 spiro atoms. The maximum atomic E-state index is 11.6. The van der Waals surface area contributed by atoms with E-state index in [1.807, 2.05) is 25.1 Å². The van der Waals surface area contributed by atoms with Crippen molar-refractivity contribution in [1.29, 1.82) is 0 Å². The summed E-state index contributed by atoms with van der Waals surface area (Å²) in [5, 5.41) is 4.73. The average Bonchev–Trinajstić information content (AvgIpc) is 3.28. The minimum absolute atomic E-state index is 0.101. The Morgan fingerprint density at radius 1 is 1.35 bits per heavy atom. The van der Waals surface area contributed by atoms with E-state index >= 15 is 0 Å². The van der Waals surface area contributed by atoms with Gasteiger partial charge in [0.05, 0.1) is 5.75 Å². The van der Waals surface area contributed by atoms with Gasteiger partial charge in [0.2, 0.25) is 0 Å². The molecule has 1 fully saturated rings. The largest absolute Gasteiger partial charge is 0.455 e. The van der Waals surface area contributed by atoms with E-state index in [-0.39, 0.29) is 11.8 Å². The number of carbonyl (C=O) groups excluding carboxylic acids is 3. The van der Waals surface area contributed by atoms with Gasteiger partial charge in [0.25, 0.3) is 5.91 Å². The lowest BCUT2D eigenvalue weighted by Gasteiger charge is -2.08. The van der Waals surface area contributed by atoms with Crippen molar-refractivity contribution in [2.45, 2.75) is 30.7 Å². The van der Waals surface area contributed by atoms with Gasteiger partial charge in [-0.15, -0.1) is 11.8 Å². The van der Waals surface area contributed by atoms with Gasteiger partial charge >= 0.3 is 12.0 Å². The van der Waals surface area contributed by atoms with Crippen LogP contribution in [-0.2, 0) is 14.3 Å². The van der Waals surface area contributed by atoms with Crippen molar-refractivity contribution in [3.8, 4) is 0 Å². The number of urea groups is 1. The Morgan fingerprint density at radius 3 is 2.74 bits per heavy atom. The number of thioether (sulfide) groups is 1. The first kappa shape index (κ1) is 17.8. The number of hydrogen-bond donors (Lipinski definition) is 2. The standard InChI is InChI=1S/C15H17BrN2O4S/c1-9-6-10(16)2-5-12(9)23-8-14(20)22-7-13(19)18-15(21)17-11-3-4-11/h2,5-6,11H,3-4,7-8H2,1H3,(H2,17,18,19,21). The molecule has 1 saturated carbocycles. The van der Waals surface area contributed by atoms with E-state index in [9.17, 15) is 14.4 Å². The fraction of sp³-hybridized carbons (Fsp3) is 0.400. The molecule has 1 aromatic carbocycles. The summed E-state index contributed by atoms with van der Waals surface area (Å²) in [5.74, 6) is -1.04. The highest BCUT2D eigenvalue weighted by atomic mass is 79.9. The number of imide groups is 1. The quantitative estimate of drug-likeness (QED) is 0.565. The molecule has 0 bridgehead atoms. The summed E-state index contributed by atoms with van der Waals surface area (Å²) in [6, 6.07) is 5.38. The molecule has 0 aromatic heterocycles. The second-order valence-corrected chi connectivity index (χ2v) is 7.09. The summed E-state index contributed by atoms with van der Waals surface area (Å²) in [4.78, 5) is 35.4. The van der Waals surface area contributed by atoms with Crippen molar-refractivity contribution in [2.75, 3.05) is 12.4 Å². The Bertz CT molecular complexity index is 619. The molecule has 8 heteroatoms. The van der Waals surface area contributed by atoms with Crippen molar-refractivity contribution < 1.29 is 19.1 Å². The highest BCUT2D eigenvalue weighted by Crippen LogP contribution is 2.25. The highest BCUT2D eigenvalue weighted by molar-refractivity contribution is 9.10. The van der Waals surface area contributed by atoms with Crippen molar-refractivity contribution in [1.82, 2.24) is 10.6 Å². The zero-order valence-corrected chi connectivity index (χ0v) is 15.0. The maximum Gasteiger partial charge on any atom is 0.321 e. The third-order valence-corrected chi connectivity index (χ3v) is 4.65. The zero-order valence-electron chi connectivity index (χ0n) is 12.6. The molecule has 1 aliphatic rings. The SMILES string of the molecule is Cc1cc(Br)ccc1SCC(=O)OCC(=O)NC(=O)NC1CC1. The van der Waals surface area contributed by atoms with E-state index in [1.165, 1.54) is 11.8 Å². The van der Waals surface area contributed by atoms with Gasteiger partial charge in [0, 0.05) is 15.4 Å². The highest BCUT2D eigenvalue weighted by Gasteiger charge is 2.24. The second kappa shape index (κ2) is 8.35. The Balaban J connectivity index is 1.65. The van der Waals surface area contributed by atoms with Crippen molar-refractivity contribution in [2.24, 2.45) is 0 Å². The minimum atomic E-state index is -0.638. The van der Waals surface area contributed by atoms with Gasteiger partial charge in [0.15, 0.2) is 6.61 Å². The lowest BCUT2D eigenvalue weighted by molar-refractivity contribution is -0.145. The van der Waals surface area contributed by atoms with Gasteiger partial charge in [0.1, 0.15) is 0 Å². The Morgan fingerprint density at radius 2 is 2.09 bits per heavy atom. The number of benzene rings is 1. The van der Waals surface area contributed by atoms with E-state index in [2.05, 4.69) is 26.6 Å². The summed E-state index contributed by atoms with van der Waals surface area (Å²) in [5.41, 5.74) is 1.05. The van der Waals surface area contributed by atoms with Gasteiger partial charge in [-0.05, 0) is 43.5 Å². The maximum absolute atomic E-state index is 11.6. The van der Waals surface area contributed by atoms with E-state index in [0.717, 1.165) is 27.8 Å². The Kier molecular flexibility index (Phi) is 6.47. The minimum Gasteiger partial charge on any atom is -0.455 e. The number of amides is 3. The molecule has 124 valence electrons. The number of halogens is 1. The number of hydrogen-bond acceptors (Lipinski definition) is 5. The van der Waals surface area contributed by atoms with Gasteiger partial charge in [-0.3, -0.25) is 14.9 Å². The fourth-order valence-electron chi connectivity index (χ4n) is 1.71. The number of rotatable bonds is 6. The summed E-state index contributed by atoms with van der Waals surface area (Å²) < 4.78 is 5.82. The zero-order chi connectivity index (χ0) is 16.8. The molecule has 6 nitrogen and oxygen atoms in total. The molecule has 0 saturated heterocycles. The third kappa shape index (κ3) is 6.62. The lowest BCUT2D eigenvalue weighted by atomic mass is 10.2. The first-order chi connectivity index (χ1) is 10.9. The van der Waals surface area contributed by atoms with Crippen LogP contribution in [0.4, 0.5) is 4.79 Å². The monoisotopic (exact) mass is 400 g/mol. The Labute approximate surface area is 146 Å². The molecular formula is C15H17BrN2O4S. The summed E-state index contributed by atoms with van der Waals surface area (Å²) >= 11 is 4.72. The fourth-order valence-corrected chi connectivity index (χ4v) is 2.99. The predicted octanol–water partition coefficient (Wildman–Crippen LogP) is 2.38. The molecule has 2 N–H and O–H groups in total. The van der Waals surface area contributed by atoms with E-state index in [0.29, 0.717) is 0 Å². The third-order valence-electron chi connectivity index (χ3n) is 3.01. The number of esters is 1. The van der Waals surface area contributed by atoms with Gasteiger partial charge in [-0.25, -0.2) is 4.79 Å². The summed E-state index contributed by atoms with van der Waals surface area (Å²) in [6.07, 6.45) is 1.87. The smallest absolute Gasteiger partial charge is 0.321 e. The van der Waals surface area contributed by atoms with E-state index < -0.39 is 24.5 Å². The van der Waals surface area contributed by atoms with Crippen LogP contribution in [0.3, 0.4) is 0 Å². The predicted molar refractivity (Wildman–Crippen MR) is 90.3 cm³/mol. The topological polar surface area (TPSA) is 84.5 Å². The van der Waals surface area contributed by atoms with E-state index in [1.54, 1.807) is 0 Å². The van der Waals surface area contributed by atoms with Crippen molar-refractivity contribution in [3.63, 3.8) is 0 Å². The number of ether oxygens (including phenoxy) is 1. The number of nitrogens with one attached hydrogen (secondary N) is 2. The molecule has 2 rings (SSSR count). The van der Waals surface area contributed by atoms with Crippen LogP contribution in [-0.4, -0.2) is 36.3 Å². The number of carbonyl (C=O) groups is 3. The molecule has 3 amide bonds. The van der Waals surface area contributed by atoms with Crippen LogP contribution in [0.25, 0.3) is 0 Å². The van der Waals surface area contributed by atoms with Crippen LogP contribution in [0, 0.1) is 6.92 Å². The first-order valence-electron chi connectivity index (χ1n) is 7.09. The molecule has 1 aliphatic carbocycles. The van der Waals surface area contributed by atoms with Crippen molar-refractivity contribution >= 4 is 45.6 Å².